The Hall–Kier alpha value is -1.85. The number of rotatable bonds is 4. The van der Waals surface area contributed by atoms with Crippen LogP contribution in [-0.4, -0.2) is 28.8 Å². The number of benzene rings is 1. The minimum atomic E-state index is 0. The van der Waals surface area contributed by atoms with Crippen molar-refractivity contribution in [2.24, 2.45) is 11.8 Å². The van der Waals surface area contributed by atoms with Crippen LogP contribution in [0.5, 0.6) is 0 Å². The number of amides is 1. The van der Waals surface area contributed by atoms with Gasteiger partial charge in [-0.2, -0.15) is 5.10 Å². The monoisotopic (exact) mass is 320 g/mol. The molecule has 1 atom stereocenters. The van der Waals surface area contributed by atoms with Crippen LogP contribution in [-0.2, 0) is 4.79 Å². The van der Waals surface area contributed by atoms with Crippen molar-refractivity contribution in [1.82, 2.24) is 15.1 Å². The van der Waals surface area contributed by atoms with Gasteiger partial charge in [0, 0.05) is 12.0 Å². The van der Waals surface area contributed by atoms with E-state index in [0.717, 1.165) is 24.3 Å². The van der Waals surface area contributed by atoms with E-state index in [4.69, 9.17) is 0 Å². The third kappa shape index (κ3) is 3.15. The summed E-state index contributed by atoms with van der Waals surface area (Å²) in [5, 5.41) is 10.5. The topological polar surface area (TPSA) is 59.0 Å². The van der Waals surface area contributed by atoms with Gasteiger partial charge in [0.05, 0.1) is 11.9 Å². The fraction of sp³-hybridized carbons (Fsp3) is 0.375. The van der Waals surface area contributed by atoms with Crippen LogP contribution in [0.4, 0.5) is 5.82 Å². The molecule has 0 aliphatic carbocycles. The highest BCUT2D eigenvalue weighted by Gasteiger charge is 2.29. The van der Waals surface area contributed by atoms with E-state index in [9.17, 15) is 4.79 Å². The predicted octanol–water partition coefficient (Wildman–Crippen LogP) is 2.40. The normalized spacial score (nSPS) is 15.5. The van der Waals surface area contributed by atoms with Gasteiger partial charge in [0.2, 0.25) is 5.91 Å². The van der Waals surface area contributed by atoms with E-state index in [1.54, 1.807) is 10.9 Å². The first-order chi connectivity index (χ1) is 10.2. The first-order valence-corrected chi connectivity index (χ1v) is 7.28. The number of hydrogen-bond acceptors (Lipinski definition) is 3. The Morgan fingerprint density at radius 1 is 1.36 bits per heavy atom. The van der Waals surface area contributed by atoms with Crippen LogP contribution in [0.2, 0.25) is 0 Å². The minimum Gasteiger partial charge on any atom is -0.316 e. The molecular formula is C16H21ClN4O. The predicted molar refractivity (Wildman–Crippen MR) is 89.7 cm³/mol. The third-order valence-corrected chi connectivity index (χ3v) is 4.17. The Morgan fingerprint density at radius 3 is 2.73 bits per heavy atom. The second-order valence-electron chi connectivity index (χ2n) is 5.61. The van der Waals surface area contributed by atoms with Crippen molar-refractivity contribution in [1.29, 1.82) is 0 Å². The van der Waals surface area contributed by atoms with E-state index in [1.165, 1.54) is 0 Å². The van der Waals surface area contributed by atoms with Gasteiger partial charge >= 0.3 is 0 Å². The zero-order valence-corrected chi connectivity index (χ0v) is 13.6. The van der Waals surface area contributed by atoms with Crippen LogP contribution in [0.3, 0.4) is 0 Å². The van der Waals surface area contributed by atoms with E-state index >= 15 is 0 Å². The molecule has 1 aliphatic rings. The van der Waals surface area contributed by atoms with Crippen molar-refractivity contribution in [2.75, 3.05) is 18.4 Å². The van der Waals surface area contributed by atoms with Crippen molar-refractivity contribution in [3.63, 3.8) is 0 Å². The van der Waals surface area contributed by atoms with Crippen molar-refractivity contribution in [3.05, 3.63) is 42.1 Å². The SMILES string of the molecule is Cc1ccccc1-n1nccc1NC(=O)C(C)C1CNC1.Cl. The average molecular weight is 321 g/mol. The maximum absolute atomic E-state index is 12.3. The second kappa shape index (κ2) is 6.94. The lowest BCUT2D eigenvalue weighted by atomic mass is 9.88. The Balaban J connectivity index is 0.00000176. The first-order valence-electron chi connectivity index (χ1n) is 7.28. The van der Waals surface area contributed by atoms with Crippen LogP contribution >= 0.6 is 12.4 Å². The molecule has 3 rings (SSSR count). The van der Waals surface area contributed by atoms with E-state index in [-0.39, 0.29) is 24.2 Å². The molecule has 0 radical (unpaired) electrons. The van der Waals surface area contributed by atoms with Gasteiger partial charge in [0.25, 0.3) is 0 Å². The molecule has 22 heavy (non-hydrogen) atoms. The van der Waals surface area contributed by atoms with Gasteiger partial charge in [0.1, 0.15) is 5.82 Å². The molecule has 2 N–H and O–H groups in total. The Morgan fingerprint density at radius 2 is 2.09 bits per heavy atom. The van der Waals surface area contributed by atoms with Crippen LogP contribution in [0.15, 0.2) is 36.5 Å². The molecular weight excluding hydrogens is 300 g/mol. The molecule has 2 aromatic rings. The molecule has 0 bridgehead atoms. The number of carbonyl (C=O) groups excluding carboxylic acids is 1. The molecule has 1 aromatic carbocycles. The van der Waals surface area contributed by atoms with Crippen LogP contribution in [0.25, 0.3) is 5.69 Å². The van der Waals surface area contributed by atoms with Crippen LogP contribution in [0, 0.1) is 18.8 Å². The lowest BCUT2D eigenvalue weighted by molar-refractivity contribution is -0.121. The number of anilines is 1. The molecule has 118 valence electrons. The summed E-state index contributed by atoms with van der Waals surface area (Å²) in [6.45, 7) is 5.86. The average Bonchev–Trinajstić information content (AvgIpc) is 2.85. The van der Waals surface area contributed by atoms with Gasteiger partial charge < -0.3 is 10.6 Å². The molecule has 2 heterocycles. The summed E-state index contributed by atoms with van der Waals surface area (Å²) in [7, 11) is 0. The number of hydrogen-bond donors (Lipinski definition) is 2. The maximum Gasteiger partial charge on any atom is 0.228 e. The van der Waals surface area contributed by atoms with Gasteiger partial charge in [-0.3, -0.25) is 4.79 Å². The van der Waals surface area contributed by atoms with Crippen molar-refractivity contribution >= 4 is 24.1 Å². The lowest BCUT2D eigenvalue weighted by Crippen LogP contribution is -2.48. The molecule has 1 amide bonds. The highest BCUT2D eigenvalue weighted by Crippen LogP contribution is 2.21. The summed E-state index contributed by atoms with van der Waals surface area (Å²) in [5.41, 5.74) is 2.10. The third-order valence-electron chi connectivity index (χ3n) is 4.17. The van der Waals surface area contributed by atoms with Crippen molar-refractivity contribution in [3.8, 4) is 5.69 Å². The summed E-state index contributed by atoms with van der Waals surface area (Å²) < 4.78 is 1.78. The molecule has 1 fully saturated rings. The summed E-state index contributed by atoms with van der Waals surface area (Å²) in [5.74, 6) is 1.21. The maximum atomic E-state index is 12.3. The first kappa shape index (κ1) is 16.5. The van der Waals surface area contributed by atoms with Gasteiger partial charge in [-0.25, -0.2) is 4.68 Å². The molecule has 0 saturated carbocycles. The van der Waals surface area contributed by atoms with E-state index in [2.05, 4.69) is 15.7 Å². The fourth-order valence-corrected chi connectivity index (χ4v) is 2.51. The molecule has 1 aromatic heterocycles. The van der Waals surface area contributed by atoms with Gasteiger partial charge in [-0.15, -0.1) is 12.4 Å². The zero-order chi connectivity index (χ0) is 14.8. The largest absolute Gasteiger partial charge is 0.316 e. The van der Waals surface area contributed by atoms with Crippen molar-refractivity contribution < 1.29 is 4.79 Å². The Labute approximate surface area is 136 Å². The second-order valence-corrected chi connectivity index (χ2v) is 5.61. The summed E-state index contributed by atoms with van der Waals surface area (Å²) in [6.07, 6.45) is 1.71. The summed E-state index contributed by atoms with van der Waals surface area (Å²) >= 11 is 0. The van der Waals surface area contributed by atoms with Crippen molar-refractivity contribution in [2.45, 2.75) is 13.8 Å². The lowest BCUT2D eigenvalue weighted by Gasteiger charge is -2.31. The number of nitrogens with one attached hydrogen (secondary N) is 2. The van der Waals surface area contributed by atoms with Gasteiger partial charge in [0.15, 0.2) is 0 Å². The minimum absolute atomic E-state index is 0. The van der Waals surface area contributed by atoms with Gasteiger partial charge in [-0.1, -0.05) is 25.1 Å². The fourth-order valence-electron chi connectivity index (χ4n) is 2.51. The number of aryl methyl sites for hydroxylation is 1. The number of nitrogens with zero attached hydrogens (tertiary/aromatic N) is 2. The molecule has 6 heteroatoms. The van der Waals surface area contributed by atoms with Crippen LogP contribution < -0.4 is 10.6 Å². The summed E-state index contributed by atoms with van der Waals surface area (Å²) in [6, 6.07) is 9.82. The molecule has 0 spiro atoms. The quantitative estimate of drug-likeness (QED) is 0.909. The zero-order valence-electron chi connectivity index (χ0n) is 12.7. The number of para-hydroxylation sites is 1. The number of carbonyl (C=O) groups is 1. The standard InChI is InChI=1S/C16H20N4O.ClH/c1-11-5-3-4-6-14(11)20-15(7-8-18-20)19-16(21)12(2)13-9-17-10-13;/h3-8,12-13,17H,9-10H2,1-2H3,(H,19,21);1H. The highest BCUT2D eigenvalue weighted by atomic mass is 35.5. The molecule has 1 saturated heterocycles. The van der Waals surface area contributed by atoms with Gasteiger partial charge in [-0.05, 0) is 37.6 Å². The molecule has 5 nitrogen and oxygen atoms in total. The van der Waals surface area contributed by atoms with E-state index in [1.807, 2.05) is 44.2 Å². The number of aromatic nitrogens is 2. The number of halogens is 1. The van der Waals surface area contributed by atoms with Crippen LogP contribution in [0.1, 0.15) is 12.5 Å². The van der Waals surface area contributed by atoms with E-state index < -0.39 is 0 Å². The Kier molecular flexibility index (Phi) is 5.21. The van der Waals surface area contributed by atoms with E-state index in [0.29, 0.717) is 11.7 Å². The highest BCUT2D eigenvalue weighted by molar-refractivity contribution is 5.92. The molecule has 1 unspecified atom stereocenters. The Bertz CT molecular complexity index is 651. The summed E-state index contributed by atoms with van der Waals surface area (Å²) in [4.78, 5) is 12.3. The smallest absolute Gasteiger partial charge is 0.228 e. The molecule has 1 aliphatic heterocycles.